The Bertz CT molecular complexity index is 928. The quantitative estimate of drug-likeness (QED) is 0.546. The summed E-state index contributed by atoms with van der Waals surface area (Å²) in [5, 5.41) is 2.78. The van der Waals surface area contributed by atoms with Crippen LogP contribution in [0, 0.1) is 5.82 Å². The number of nitrogens with zero attached hydrogens (tertiary/aromatic N) is 1. The summed E-state index contributed by atoms with van der Waals surface area (Å²) in [6, 6.07) is 11.8. The van der Waals surface area contributed by atoms with Gasteiger partial charge in [-0.2, -0.15) is 0 Å². The van der Waals surface area contributed by atoms with Crippen molar-refractivity contribution < 1.29 is 13.9 Å². The molecular weight excluding hydrogens is 419 g/mol. The van der Waals surface area contributed by atoms with E-state index < -0.39 is 5.82 Å². The number of hydrogen-bond acceptors (Lipinski definition) is 4. The van der Waals surface area contributed by atoms with Crippen LogP contribution in [0.1, 0.15) is 10.4 Å². The van der Waals surface area contributed by atoms with Crippen molar-refractivity contribution in [1.29, 1.82) is 0 Å². The summed E-state index contributed by atoms with van der Waals surface area (Å²) in [5.41, 5.74) is 0.565. The number of carbonyl (C=O) groups is 1. The lowest BCUT2D eigenvalue weighted by molar-refractivity contribution is -0.116. The van der Waals surface area contributed by atoms with E-state index in [0.29, 0.717) is 17.9 Å². The van der Waals surface area contributed by atoms with Crippen LogP contribution in [0.25, 0.3) is 6.08 Å². The minimum Gasteiger partial charge on any atom is -0.453 e. The fourth-order valence-corrected chi connectivity index (χ4v) is 3.51. The topological polar surface area (TPSA) is 51.2 Å². The van der Waals surface area contributed by atoms with Gasteiger partial charge in [0.15, 0.2) is 11.6 Å². The highest BCUT2D eigenvalue weighted by Crippen LogP contribution is 2.25. The van der Waals surface area contributed by atoms with E-state index in [0.717, 1.165) is 8.66 Å². The number of ether oxygens (including phenoxy) is 1. The number of benzene rings is 1. The summed E-state index contributed by atoms with van der Waals surface area (Å²) < 4.78 is 20.6. The van der Waals surface area contributed by atoms with Crippen LogP contribution in [0.3, 0.4) is 0 Å². The summed E-state index contributed by atoms with van der Waals surface area (Å²) in [7, 11) is 0. The molecule has 0 spiro atoms. The standard InChI is InChI=1S/C19H14BrFN2O2S/c20-18-7-5-15(26-18)12-23-19(24)8-4-13-3-6-17(16(21)10-13)25-14-2-1-9-22-11-14/h1-11H,12H2,(H,23,24)/b8-4+. The van der Waals surface area contributed by atoms with Crippen molar-refractivity contribution in [2.24, 2.45) is 0 Å². The molecule has 1 amide bonds. The zero-order valence-corrected chi connectivity index (χ0v) is 15.9. The fourth-order valence-electron chi connectivity index (χ4n) is 2.09. The van der Waals surface area contributed by atoms with Crippen LogP contribution < -0.4 is 10.1 Å². The molecule has 0 aliphatic rings. The summed E-state index contributed by atoms with van der Waals surface area (Å²) >= 11 is 4.93. The summed E-state index contributed by atoms with van der Waals surface area (Å²) in [4.78, 5) is 16.8. The Balaban J connectivity index is 1.58. The van der Waals surface area contributed by atoms with Crippen molar-refractivity contribution >= 4 is 39.2 Å². The number of carbonyl (C=O) groups excluding carboxylic acids is 1. The van der Waals surface area contributed by atoms with Crippen LogP contribution in [-0.2, 0) is 11.3 Å². The van der Waals surface area contributed by atoms with Gasteiger partial charge < -0.3 is 10.1 Å². The molecule has 7 heteroatoms. The molecule has 0 bridgehead atoms. The highest BCUT2D eigenvalue weighted by molar-refractivity contribution is 9.11. The second-order valence-electron chi connectivity index (χ2n) is 5.24. The normalized spacial score (nSPS) is 10.8. The van der Waals surface area contributed by atoms with E-state index in [1.165, 1.54) is 24.4 Å². The number of nitrogens with one attached hydrogen (secondary N) is 1. The second-order valence-corrected chi connectivity index (χ2v) is 7.79. The SMILES string of the molecule is O=C(/C=C/c1ccc(Oc2cccnc2)c(F)c1)NCc1ccc(Br)s1. The zero-order chi connectivity index (χ0) is 18.4. The van der Waals surface area contributed by atoms with Crippen LogP contribution in [0.5, 0.6) is 11.5 Å². The van der Waals surface area contributed by atoms with E-state index in [1.54, 1.807) is 41.8 Å². The molecular formula is C19H14BrFN2O2S. The summed E-state index contributed by atoms with van der Waals surface area (Å²) in [6.07, 6.45) is 6.04. The van der Waals surface area contributed by atoms with Crippen molar-refractivity contribution in [3.05, 3.63) is 81.0 Å². The van der Waals surface area contributed by atoms with E-state index in [9.17, 15) is 9.18 Å². The molecule has 132 valence electrons. The molecule has 0 atom stereocenters. The van der Waals surface area contributed by atoms with E-state index >= 15 is 0 Å². The predicted octanol–water partition coefficient (Wildman–Crippen LogP) is 5.17. The number of aromatic nitrogens is 1. The highest BCUT2D eigenvalue weighted by atomic mass is 79.9. The minimum absolute atomic E-state index is 0.0999. The van der Waals surface area contributed by atoms with Crippen LogP contribution in [0.4, 0.5) is 4.39 Å². The van der Waals surface area contributed by atoms with E-state index in [2.05, 4.69) is 26.2 Å². The van der Waals surface area contributed by atoms with Crippen molar-refractivity contribution in [3.8, 4) is 11.5 Å². The van der Waals surface area contributed by atoms with Gasteiger partial charge in [-0.3, -0.25) is 9.78 Å². The monoisotopic (exact) mass is 432 g/mol. The lowest BCUT2D eigenvalue weighted by atomic mass is 10.2. The first-order chi connectivity index (χ1) is 12.6. The zero-order valence-electron chi connectivity index (χ0n) is 13.5. The van der Waals surface area contributed by atoms with Crippen LogP contribution in [-0.4, -0.2) is 10.9 Å². The van der Waals surface area contributed by atoms with E-state index in [-0.39, 0.29) is 11.7 Å². The van der Waals surface area contributed by atoms with Gasteiger partial charge in [0, 0.05) is 17.2 Å². The third-order valence-corrected chi connectivity index (χ3v) is 4.93. The Hall–Kier alpha value is -2.51. The highest BCUT2D eigenvalue weighted by Gasteiger charge is 2.06. The first-order valence-electron chi connectivity index (χ1n) is 7.68. The molecule has 1 N–H and O–H groups in total. The number of halogens is 2. The van der Waals surface area contributed by atoms with E-state index in [4.69, 9.17) is 4.74 Å². The molecule has 1 aromatic carbocycles. The van der Waals surface area contributed by atoms with Gasteiger partial charge in [-0.25, -0.2) is 4.39 Å². The Morgan fingerprint density at radius 2 is 2.19 bits per heavy atom. The van der Waals surface area contributed by atoms with Gasteiger partial charge in [0.1, 0.15) is 5.75 Å². The van der Waals surface area contributed by atoms with Gasteiger partial charge in [0.25, 0.3) is 0 Å². The molecule has 0 aliphatic carbocycles. The molecule has 3 rings (SSSR count). The molecule has 0 radical (unpaired) electrons. The molecule has 0 fully saturated rings. The summed E-state index contributed by atoms with van der Waals surface area (Å²) in [6.45, 7) is 0.450. The maximum Gasteiger partial charge on any atom is 0.244 e. The molecule has 0 saturated carbocycles. The summed E-state index contributed by atoms with van der Waals surface area (Å²) in [5.74, 6) is -0.206. The molecule has 2 aromatic heterocycles. The number of hydrogen-bond donors (Lipinski definition) is 1. The number of rotatable bonds is 6. The average Bonchev–Trinajstić information content (AvgIpc) is 3.06. The molecule has 3 aromatic rings. The third-order valence-electron chi connectivity index (χ3n) is 3.31. The Morgan fingerprint density at radius 1 is 1.31 bits per heavy atom. The molecule has 0 saturated heterocycles. The smallest absolute Gasteiger partial charge is 0.244 e. The van der Waals surface area contributed by atoms with Gasteiger partial charge in [-0.05, 0) is 64.0 Å². The Morgan fingerprint density at radius 3 is 2.88 bits per heavy atom. The number of amides is 1. The van der Waals surface area contributed by atoms with Gasteiger partial charge in [-0.15, -0.1) is 11.3 Å². The molecule has 0 unspecified atom stereocenters. The first-order valence-corrected chi connectivity index (χ1v) is 9.29. The van der Waals surface area contributed by atoms with Gasteiger partial charge in [-0.1, -0.05) is 6.07 Å². The van der Waals surface area contributed by atoms with Crippen molar-refractivity contribution in [2.45, 2.75) is 6.54 Å². The van der Waals surface area contributed by atoms with Crippen LogP contribution in [0.2, 0.25) is 0 Å². The predicted molar refractivity (Wildman–Crippen MR) is 104 cm³/mol. The van der Waals surface area contributed by atoms with Gasteiger partial charge >= 0.3 is 0 Å². The lowest BCUT2D eigenvalue weighted by Gasteiger charge is -2.06. The van der Waals surface area contributed by atoms with Crippen molar-refractivity contribution in [3.63, 3.8) is 0 Å². The lowest BCUT2D eigenvalue weighted by Crippen LogP contribution is -2.19. The molecule has 4 nitrogen and oxygen atoms in total. The van der Waals surface area contributed by atoms with Crippen LogP contribution >= 0.6 is 27.3 Å². The van der Waals surface area contributed by atoms with Crippen molar-refractivity contribution in [1.82, 2.24) is 10.3 Å². The maximum absolute atomic E-state index is 14.1. The first kappa shape index (κ1) is 18.3. The fraction of sp³-hybridized carbons (Fsp3) is 0.0526. The third kappa shape index (κ3) is 5.24. The average molecular weight is 433 g/mol. The Labute approximate surface area is 162 Å². The largest absolute Gasteiger partial charge is 0.453 e. The molecule has 0 aliphatic heterocycles. The molecule has 26 heavy (non-hydrogen) atoms. The van der Waals surface area contributed by atoms with Crippen molar-refractivity contribution in [2.75, 3.05) is 0 Å². The number of thiophene rings is 1. The van der Waals surface area contributed by atoms with Gasteiger partial charge in [0.2, 0.25) is 5.91 Å². The number of pyridine rings is 1. The maximum atomic E-state index is 14.1. The van der Waals surface area contributed by atoms with Crippen LogP contribution in [0.15, 0.2) is 64.7 Å². The molecule has 2 heterocycles. The second kappa shape index (κ2) is 8.73. The minimum atomic E-state index is -0.514. The van der Waals surface area contributed by atoms with E-state index in [1.807, 2.05) is 12.1 Å². The van der Waals surface area contributed by atoms with Gasteiger partial charge in [0.05, 0.1) is 16.5 Å². The Kier molecular flexibility index (Phi) is 6.14.